The molecule has 1 amide bonds. The van der Waals surface area contributed by atoms with Crippen molar-refractivity contribution in [3.8, 4) is 0 Å². The largest absolute Gasteiger partial charge is 0.457 e. The lowest BCUT2D eigenvalue weighted by molar-refractivity contribution is -0.115. The van der Waals surface area contributed by atoms with Crippen LogP contribution in [0.1, 0.15) is 70.2 Å². The molecular formula is C34H39NO3. The van der Waals surface area contributed by atoms with Gasteiger partial charge in [0, 0.05) is 30.1 Å². The predicted octanol–water partition coefficient (Wildman–Crippen LogP) is 7.68. The lowest BCUT2D eigenvalue weighted by Gasteiger charge is -2.48. The van der Waals surface area contributed by atoms with E-state index in [4.69, 9.17) is 4.74 Å². The van der Waals surface area contributed by atoms with Gasteiger partial charge in [0.25, 0.3) is 5.91 Å². The zero-order valence-electron chi connectivity index (χ0n) is 23.3. The second kappa shape index (κ2) is 10.1. The van der Waals surface area contributed by atoms with Gasteiger partial charge in [0.15, 0.2) is 0 Å². The summed E-state index contributed by atoms with van der Waals surface area (Å²) in [6, 6.07) is 18.9. The number of rotatable bonds is 5. The predicted molar refractivity (Wildman–Crippen MR) is 153 cm³/mol. The highest BCUT2D eigenvalue weighted by atomic mass is 16.5. The van der Waals surface area contributed by atoms with E-state index < -0.39 is 6.10 Å². The quantitative estimate of drug-likeness (QED) is 0.388. The van der Waals surface area contributed by atoms with Crippen molar-refractivity contribution in [1.29, 1.82) is 0 Å². The standard InChI is InChI=1S/C34H39NO3/c1-23(2)27-18-19-33(3)20-21-34(4)28(30(27)33)17-16-25(31(36)35(5)26-14-10-7-11-15-26)22-29(34)38-32(37)24-12-8-6-9-13-24/h6-17,23,29H,18-22H2,1-5H3/t29-,33+,34+/m0/s1. The number of ether oxygens (including phenoxy) is 1. The molecule has 1 fully saturated rings. The van der Waals surface area contributed by atoms with Gasteiger partial charge in [0.05, 0.1) is 5.56 Å². The van der Waals surface area contributed by atoms with Crippen molar-refractivity contribution in [3.63, 3.8) is 0 Å². The number of para-hydroxylation sites is 1. The van der Waals surface area contributed by atoms with Crippen LogP contribution in [0.4, 0.5) is 5.69 Å². The highest BCUT2D eigenvalue weighted by molar-refractivity contribution is 6.05. The molecule has 0 saturated heterocycles. The zero-order valence-corrected chi connectivity index (χ0v) is 23.3. The van der Waals surface area contributed by atoms with Crippen molar-refractivity contribution < 1.29 is 14.3 Å². The molecule has 0 aliphatic heterocycles. The normalized spacial score (nSPS) is 26.6. The average Bonchev–Trinajstić information content (AvgIpc) is 3.21. The Morgan fingerprint density at radius 2 is 1.58 bits per heavy atom. The molecule has 0 N–H and O–H groups in total. The molecule has 198 valence electrons. The zero-order chi connectivity index (χ0) is 27.1. The van der Waals surface area contributed by atoms with Crippen LogP contribution in [0.25, 0.3) is 0 Å². The van der Waals surface area contributed by atoms with Crippen LogP contribution in [-0.2, 0) is 9.53 Å². The Labute approximate surface area is 227 Å². The molecule has 3 aliphatic rings. The minimum absolute atomic E-state index is 0.0664. The van der Waals surface area contributed by atoms with Crippen LogP contribution in [0, 0.1) is 16.7 Å². The molecule has 5 rings (SSSR count). The number of hydrogen-bond donors (Lipinski definition) is 0. The Morgan fingerprint density at radius 3 is 2.24 bits per heavy atom. The Kier molecular flexibility index (Phi) is 6.94. The Bertz CT molecular complexity index is 1320. The van der Waals surface area contributed by atoms with Gasteiger partial charge >= 0.3 is 5.97 Å². The number of amides is 1. The van der Waals surface area contributed by atoms with E-state index in [9.17, 15) is 9.59 Å². The minimum atomic E-state index is -0.450. The Balaban J connectivity index is 1.59. The van der Waals surface area contributed by atoms with Gasteiger partial charge < -0.3 is 9.64 Å². The minimum Gasteiger partial charge on any atom is -0.457 e. The van der Waals surface area contributed by atoms with Gasteiger partial charge in [-0.1, -0.05) is 81.8 Å². The van der Waals surface area contributed by atoms with Gasteiger partial charge in [-0.05, 0) is 72.4 Å². The topological polar surface area (TPSA) is 46.6 Å². The molecule has 0 bridgehead atoms. The summed E-state index contributed by atoms with van der Waals surface area (Å²) < 4.78 is 6.36. The van der Waals surface area contributed by atoms with Crippen molar-refractivity contribution in [1.82, 2.24) is 0 Å². The van der Waals surface area contributed by atoms with E-state index in [1.54, 1.807) is 17.0 Å². The third kappa shape index (κ3) is 4.55. The second-order valence-corrected chi connectivity index (χ2v) is 12.0. The van der Waals surface area contributed by atoms with Crippen LogP contribution in [-0.4, -0.2) is 25.0 Å². The number of carbonyl (C=O) groups is 2. The molecule has 0 radical (unpaired) electrons. The van der Waals surface area contributed by atoms with Crippen molar-refractivity contribution in [2.24, 2.45) is 16.7 Å². The van der Waals surface area contributed by atoms with Crippen LogP contribution >= 0.6 is 0 Å². The number of likely N-dealkylation sites (N-methyl/N-ethyl adjacent to an activating group) is 1. The fourth-order valence-corrected chi connectivity index (χ4v) is 6.70. The Hall–Kier alpha value is -3.40. The number of fused-ring (bicyclic) bond motifs is 3. The SMILES string of the molecule is CC(C)C1=C2C3=CC=C(C(=O)N(C)c4ccccc4)C[C@H](OC(=O)c4ccccc4)[C@]3(C)CC[C@@]2(C)CC1. The maximum Gasteiger partial charge on any atom is 0.338 e. The highest BCUT2D eigenvalue weighted by Crippen LogP contribution is 2.62. The van der Waals surface area contributed by atoms with Crippen molar-refractivity contribution >= 4 is 17.6 Å². The maximum atomic E-state index is 13.8. The van der Waals surface area contributed by atoms with E-state index in [1.165, 1.54) is 16.7 Å². The Morgan fingerprint density at radius 1 is 0.921 bits per heavy atom. The van der Waals surface area contributed by atoms with Gasteiger partial charge in [-0.2, -0.15) is 0 Å². The summed E-state index contributed by atoms with van der Waals surface area (Å²) in [5.74, 6) is 0.0559. The van der Waals surface area contributed by atoms with Crippen molar-refractivity contribution in [2.75, 3.05) is 11.9 Å². The molecular weight excluding hydrogens is 470 g/mol. The van der Waals surface area contributed by atoms with Crippen LogP contribution in [0.3, 0.4) is 0 Å². The third-order valence-electron chi connectivity index (χ3n) is 9.20. The van der Waals surface area contributed by atoms with Crippen LogP contribution in [0.15, 0.2) is 95.1 Å². The first-order valence-corrected chi connectivity index (χ1v) is 13.9. The average molecular weight is 510 g/mol. The molecule has 3 atom stereocenters. The number of benzene rings is 2. The molecule has 2 aromatic rings. The van der Waals surface area contributed by atoms with Gasteiger partial charge in [0.1, 0.15) is 6.10 Å². The number of hydrogen-bond acceptors (Lipinski definition) is 3. The first-order valence-electron chi connectivity index (χ1n) is 13.9. The summed E-state index contributed by atoms with van der Waals surface area (Å²) in [7, 11) is 1.81. The summed E-state index contributed by atoms with van der Waals surface area (Å²) in [6.07, 6.45) is 8.35. The summed E-state index contributed by atoms with van der Waals surface area (Å²) in [4.78, 5) is 28.9. The fourth-order valence-electron chi connectivity index (χ4n) is 6.70. The van der Waals surface area contributed by atoms with E-state index in [1.807, 2.05) is 61.7 Å². The van der Waals surface area contributed by atoms with Gasteiger partial charge in [-0.25, -0.2) is 4.79 Å². The van der Waals surface area contributed by atoms with Gasteiger partial charge in [-0.3, -0.25) is 4.79 Å². The van der Waals surface area contributed by atoms with E-state index in [0.717, 1.165) is 31.4 Å². The number of esters is 1. The van der Waals surface area contributed by atoms with E-state index >= 15 is 0 Å². The molecule has 0 unspecified atom stereocenters. The molecule has 4 nitrogen and oxygen atoms in total. The van der Waals surface area contributed by atoms with Crippen molar-refractivity contribution in [2.45, 2.75) is 65.9 Å². The highest BCUT2D eigenvalue weighted by Gasteiger charge is 2.53. The molecule has 4 heteroatoms. The number of allylic oxidation sites excluding steroid dienone is 4. The number of anilines is 1. The summed E-state index contributed by atoms with van der Waals surface area (Å²) >= 11 is 0. The molecule has 0 aromatic heterocycles. The third-order valence-corrected chi connectivity index (χ3v) is 9.20. The van der Waals surface area contributed by atoms with Gasteiger partial charge in [-0.15, -0.1) is 0 Å². The molecule has 0 heterocycles. The monoisotopic (exact) mass is 509 g/mol. The van der Waals surface area contributed by atoms with Crippen LogP contribution < -0.4 is 4.90 Å². The molecule has 3 aliphatic carbocycles. The second-order valence-electron chi connectivity index (χ2n) is 12.0. The smallest absolute Gasteiger partial charge is 0.338 e. The lowest BCUT2D eigenvalue weighted by Crippen LogP contribution is -2.44. The van der Waals surface area contributed by atoms with E-state index in [0.29, 0.717) is 23.5 Å². The van der Waals surface area contributed by atoms with E-state index in [2.05, 4.69) is 33.8 Å². The van der Waals surface area contributed by atoms with Crippen molar-refractivity contribution in [3.05, 3.63) is 101 Å². The van der Waals surface area contributed by atoms with Crippen LogP contribution in [0.2, 0.25) is 0 Å². The summed E-state index contributed by atoms with van der Waals surface area (Å²) in [6.45, 7) is 9.20. The summed E-state index contributed by atoms with van der Waals surface area (Å²) in [5, 5.41) is 0. The maximum absolute atomic E-state index is 13.8. The fraction of sp³-hybridized carbons (Fsp3) is 0.412. The first kappa shape index (κ1) is 26.2. The molecule has 1 saturated carbocycles. The molecule has 38 heavy (non-hydrogen) atoms. The molecule has 0 spiro atoms. The number of carbonyl (C=O) groups excluding carboxylic acids is 2. The lowest BCUT2D eigenvalue weighted by atomic mass is 9.57. The first-order chi connectivity index (χ1) is 18.1. The van der Waals surface area contributed by atoms with E-state index in [-0.39, 0.29) is 22.7 Å². The van der Waals surface area contributed by atoms with Crippen LogP contribution in [0.5, 0.6) is 0 Å². The summed E-state index contributed by atoms with van der Waals surface area (Å²) in [5.41, 5.74) is 6.00. The van der Waals surface area contributed by atoms with Gasteiger partial charge in [0.2, 0.25) is 0 Å². The molecule has 2 aromatic carbocycles. The number of nitrogens with zero attached hydrogens (tertiary/aromatic N) is 1.